The summed E-state index contributed by atoms with van der Waals surface area (Å²) in [6.07, 6.45) is 0. The number of sulfonamides is 1. The maximum atomic E-state index is 13.5. The van der Waals surface area contributed by atoms with Crippen molar-refractivity contribution in [2.24, 2.45) is 0 Å². The smallest absolute Gasteiger partial charge is 0.258 e. The molecule has 0 radical (unpaired) electrons. The molecule has 0 amide bonds. The van der Waals surface area contributed by atoms with E-state index in [0.29, 0.717) is 0 Å². The Morgan fingerprint density at radius 2 is 2.05 bits per heavy atom. The third-order valence-corrected chi connectivity index (χ3v) is 5.48. The lowest BCUT2D eigenvalue weighted by molar-refractivity contribution is -0.390. The van der Waals surface area contributed by atoms with Crippen molar-refractivity contribution in [3.05, 3.63) is 56.5 Å². The van der Waals surface area contributed by atoms with E-state index in [0.717, 1.165) is 27.4 Å². The van der Waals surface area contributed by atoms with Crippen molar-refractivity contribution >= 4 is 27.0 Å². The van der Waals surface area contributed by atoms with Gasteiger partial charge in [-0.05, 0) is 23.6 Å². The van der Waals surface area contributed by atoms with E-state index in [1.165, 1.54) is 18.4 Å². The Labute approximate surface area is 124 Å². The summed E-state index contributed by atoms with van der Waals surface area (Å²) in [6.45, 7) is 0.0632. The average molecular weight is 330 g/mol. The number of nitrogens with zero attached hydrogens (tertiary/aromatic N) is 2. The maximum absolute atomic E-state index is 13.5. The van der Waals surface area contributed by atoms with Gasteiger partial charge in [-0.15, -0.1) is 11.3 Å². The molecule has 2 aromatic rings. The molecule has 0 atom stereocenters. The lowest BCUT2D eigenvalue weighted by atomic mass is 10.3. The molecular weight excluding hydrogens is 319 g/mol. The Balaban J connectivity index is 2.44. The first-order valence-corrected chi connectivity index (χ1v) is 8.07. The van der Waals surface area contributed by atoms with Crippen molar-refractivity contribution in [2.75, 3.05) is 7.05 Å². The van der Waals surface area contributed by atoms with E-state index in [9.17, 15) is 22.9 Å². The molecule has 9 heteroatoms. The molecule has 1 aromatic carbocycles. The van der Waals surface area contributed by atoms with E-state index in [-0.39, 0.29) is 6.54 Å². The molecule has 1 heterocycles. The zero-order valence-electron chi connectivity index (χ0n) is 10.9. The molecule has 21 heavy (non-hydrogen) atoms. The fourth-order valence-corrected chi connectivity index (χ4v) is 3.91. The largest absolute Gasteiger partial charge is 0.324 e. The van der Waals surface area contributed by atoms with Gasteiger partial charge in [-0.2, -0.15) is 8.70 Å². The zero-order chi connectivity index (χ0) is 15.6. The number of hydrogen-bond acceptors (Lipinski definition) is 5. The van der Waals surface area contributed by atoms with E-state index < -0.39 is 31.3 Å². The van der Waals surface area contributed by atoms with Crippen LogP contribution in [0.25, 0.3) is 0 Å². The Morgan fingerprint density at radius 1 is 1.33 bits per heavy atom. The zero-order valence-corrected chi connectivity index (χ0v) is 12.5. The molecule has 0 aliphatic heterocycles. The van der Waals surface area contributed by atoms with E-state index >= 15 is 0 Å². The topological polar surface area (TPSA) is 80.5 Å². The van der Waals surface area contributed by atoms with Crippen LogP contribution >= 0.6 is 11.3 Å². The van der Waals surface area contributed by atoms with Crippen LogP contribution in [0.3, 0.4) is 0 Å². The molecule has 0 bridgehead atoms. The van der Waals surface area contributed by atoms with Gasteiger partial charge in [0.2, 0.25) is 15.8 Å². The summed E-state index contributed by atoms with van der Waals surface area (Å²) in [7, 11) is -2.86. The Bertz CT molecular complexity index is 760. The second-order valence-corrected chi connectivity index (χ2v) is 7.23. The molecule has 0 N–H and O–H groups in total. The van der Waals surface area contributed by atoms with Crippen molar-refractivity contribution in [2.45, 2.75) is 11.4 Å². The summed E-state index contributed by atoms with van der Waals surface area (Å²) in [5.41, 5.74) is -1.03. The highest BCUT2D eigenvalue weighted by atomic mass is 32.2. The number of nitro benzene ring substituents is 1. The normalized spacial score (nSPS) is 11.8. The van der Waals surface area contributed by atoms with Gasteiger partial charge < -0.3 is 0 Å². The number of thiophene rings is 1. The summed E-state index contributed by atoms with van der Waals surface area (Å²) in [5.74, 6) is -1.18. The first-order valence-electron chi connectivity index (χ1n) is 5.75. The minimum Gasteiger partial charge on any atom is -0.258 e. The van der Waals surface area contributed by atoms with E-state index in [1.54, 1.807) is 17.5 Å². The Kier molecular flexibility index (Phi) is 4.35. The number of halogens is 1. The summed E-state index contributed by atoms with van der Waals surface area (Å²) in [6, 6.07) is 6.54. The van der Waals surface area contributed by atoms with Gasteiger partial charge in [0.1, 0.15) is 0 Å². The Morgan fingerprint density at radius 3 is 2.62 bits per heavy atom. The van der Waals surface area contributed by atoms with Crippen LogP contribution in [0.4, 0.5) is 10.1 Å². The van der Waals surface area contributed by atoms with Gasteiger partial charge in [-0.3, -0.25) is 10.1 Å². The predicted molar refractivity (Wildman–Crippen MR) is 76.0 cm³/mol. The van der Waals surface area contributed by atoms with Crippen LogP contribution in [0.2, 0.25) is 0 Å². The number of benzene rings is 1. The summed E-state index contributed by atoms with van der Waals surface area (Å²) in [4.78, 5) is 10.0. The molecule has 1 aromatic heterocycles. The van der Waals surface area contributed by atoms with Gasteiger partial charge in [0, 0.05) is 18.5 Å². The monoisotopic (exact) mass is 330 g/mol. The third kappa shape index (κ3) is 3.09. The van der Waals surface area contributed by atoms with Crippen molar-refractivity contribution in [1.82, 2.24) is 4.31 Å². The summed E-state index contributed by atoms with van der Waals surface area (Å²) >= 11 is 1.36. The summed E-state index contributed by atoms with van der Waals surface area (Å²) in [5, 5.41) is 12.7. The average Bonchev–Trinajstić information content (AvgIpc) is 2.90. The highest BCUT2D eigenvalue weighted by molar-refractivity contribution is 7.89. The van der Waals surface area contributed by atoms with Crippen molar-refractivity contribution in [3.63, 3.8) is 0 Å². The molecule has 0 unspecified atom stereocenters. The maximum Gasteiger partial charge on any atom is 0.324 e. The minimum atomic E-state index is -4.15. The molecule has 112 valence electrons. The van der Waals surface area contributed by atoms with Crippen molar-refractivity contribution in [3.8, 4) is 0 Å². The van der Waals surface area contributed by atoms with Crippen LogP contribution in [-0.2, 0) is 16.6 Å². The molecule has 0 saturated carbocycles. The van der Waals surface area contributed by atoms with Crippen LogP contribution in [-0.4, -0.2) is 24.7 Å². The first kappa shape index (κ1) is 15.5. The lowest BCUT2D eigenvalue weighted by Gasteiger charge is -2.16. The van der Waals surface area contributed by atoms with Crippen LogP contribution in [0.15, 0.2) is 40.6 Å². The lowest BCUT2D eigenvalue weighted by Crippen LogP contribution is -2.27. The molecule has 0 aliphatic rings. The standard InChI is InChI=1S/C12H11FN2O4S2/c1-14(8-9-4-3-7-20-9)21(18,19)11-6-2-5-10(13)12(11)15(16)17/h2-7H,8H2,1H3. The second-order valence-electron chi connectivity index (χ2n) is 4.18. The highest BCUT2D eigenvalue weighted by Crippen LogP contribution is 2.29. The molecular formula is C12H11FN2O4S2. The molecule has 2 rings (SSSR count). The molecule has 0 saturated heterocycles. The fourth-order valence-electron chi connectivity index (χ4n) is 1.76. The van der Waals surface area contributed by atoms with Gasteiger partial charge in [-0.25, -0.2) is 8.42 Å². The summed E-state index contributed by atoms with van der Waals surface area (Å²) < 4.78 is 39.3. The second kappa shape index (κ2) is 5.88. The van der Waals surface area contributed by atoms with Crippen molar-refractivity contribution in [1.29, 1.82) is 0 Å². The molecule has 0 spiro atoms. The van der Waals surface area contributed by atoms with Gasteiger partial charge in [0.25, 0.3) is 0 Å². The van der Waals surface area contributed by atoms with Gasteiger partial charge in [0.15, 0.2) is 4.90 Å². The quantitative estimate of drug-likeness (QED) is 0.623. The van der Waals surface area contributed by atoms with E-state index in [2.05, 4.69) is 0 Å². The fraction of sp³-hybridized carbons (Fsp3) is 0.167. The molecule has 0 aliphatic carbocycles. The predicted octanol–water partition coefficient (Wildman–Crippen LogP) is 2.62. The third-order valence-electron chi connectivity index (χ3n) is 2.78. The van der Waals surface area contributed by atoms with Gasteiger partial charge >= 0.3 is 5.69 Å². The van der Waals surface area contributed by atoms with Gasteiger partial charge in [-0.1, -0.05) is 12.1 Å². The Hall–Kier alpha value is -1.84. The molecule has 6 nitrogen and oxygen atoms in total. The van der Waals surface area contributed by atoms with Crippen LogP contribution < -0.4 is 0 Å². The van der Waals surface area contributed by atoms with Gasteiger partial charge in [0.05, 0.1) is 4.92 Å². The van der Waals surface area contributed by atoms with E-state index in [1.807, 2.05) is 0 Å². The minimum absolute atomic E-state index is 0.0632. The SMILES string of the molecule is CN(Cc1cccs1)S(=O)(=O)c1cccc(F)c1[N+](=O)[O-]. The number of rotatable bonds is 5. The molecule has 0 fully saturated rings. The van der Waals surface area contributed by atoms with Crippen LogP contribution in [0.1, 0.15) is 4.88 Å². The number of para-hydroxylation sites is 1. The van der Waals surface area contributed by atoms with E-state index in [4.69, 9.17) is 0 Å². The number of nitro groups is 1. The first-order chi connectivity index (χ1) is 9.84. The van der Waals surface area contributed by atoms with Crippen molar-refractivity contribution < 1.29 is 17.7 Å². The van der Waals surface area contributed by atoms with Crippen LogP contribution in [0.5, 0.6) is 0 Å². The number of hydrogen-bond donors (Lipinski definition) is 0. The highest BCUT2D eigenvalue weighted by Gasteiger charge is 2.32. The van der Waals surface area contributed by atoms with Crippen LogP contribution in [0, 0.1) is 15.9 Å².